The quantitative estimate of drug-likeness (QED) is 0.679. The van der Waals surface area contributed by atoms with Crippen LogP contribution in [0.25, 0.3) is 0 Å². The topological polar surface area (TPSA) is 55.4 Å². The molecule has 5 heteroatoms. The molecule has 16 heavy (non-hydrogen) atoms. The first-order valence-electron chi connectivity index (χ1n) is 5.66. The predicted octanol–water partition coefficient (Wildman–Crippen LogP) is 0.725. The third kappa shape index (κ3) is 1.38. The van der Waals surface area contributed by atoms with Crippen LogP contribution < -0.4 is 5.32 Å². The Bertz CT molecular complexity index is 469. The highest BCUT2D eigenvalue weighted by Crippen LogP contribution is 2.43. The average Bonchev–Trinajstić information content (AvgIpc) is 2.58. The Morgan fingerprint density at radius 3 is 2.81 bits per heavy atom. The normalized spacial score (nSPS) is 30.8. The molecular weight excluding hydrogens is 226 g/mol. The molecule has 0 atom stereocenters. The highest BCUT2D eigenvalue weighted by molar-refractivity contribution is 7.98. The van der Waals surface area contributed by atoms with Gasteiger partial charge in [0, 0.05) is 11.8 Å². The molecule has 0 amide bonds. The van der Waals surface area contributed by atoms with E-state index in [-0.39, 0.29) is 5.60 Å². The van der Waals surface area contributed by atoms with E-state index in [0.717, 1.165) is 31.5 Å². The van der Waals surface area contributed by atoms with Gasteiger partial charge in [0.05, 0.1) is 17.1 Å². The standard InChI is InChI=1S/C11H15NO3S/c13-16(14)8-2-9-10(16)1-7-15-11(9)3-5-12-6-4-11/h2,8,12H,1,3-7H2. The van der Waals surface area contributed by atoms with E-state index in [4.69, 9.17) is 4.74 Å². The van der Waals surface area contributed by atoms with E-state index < -0.39 is 9.84 Å². The smallest absolute Gasteiger partial charge is 0.196 e. The van der Waals surface area contributed by atoms with Crippen molar-refractivity contribution in [2.75, 3.05) is 19.7 Å². The Hall–Kier alpha value is -0.650. The van der Waals surface area contributed by atoms with E-state index in [0.29, 0.717) is 17.9 Å². The van der Waals surface area contributed by atoms with Crippen molar-refractivity contribution >= 4 is 9.84 Å². The summed E-state index contributed by atoms with van der Waals surface area (Å²) >= 11 is 0. The van der Waals surface area contributed by atoms with Gasteiger partial charge in [-0.3, -0.25) is 0 Å². The minimum atomic E-state index is -3.12. The Morgan fingerprint density at radius 2 is 2.06 bits per heavy atom. The zero-order chi connectivity index (χ0) is 11.2. The van der Waals surface area contributed by atoms with Crippen LogP contribution in [-0.2, 0) is 14.6 Å². The first-order chi connectivity index (χ1) is 7.64. The zero-order valence-corrected chi connectivity index (χ0v) is 9.85. The molecule has 0 radical (unpaired) electrons. The van der Waals surface area contributed by atoms with Crippen LogP contribution in [0.4, 0.5) is 0 Å². The van der Waals surface area contributed by atoms with E-state index in [1.54, 1.807) is 6.08 Å². The van der Waals surface area contributed by atoms with Gasteiger partial charge in [-0.2, -0.15) is 0 Å². The molecule has 1 fully saturated rings. The Balaban J connectivity index is 2.09. The Labute approximate surface area is 95.3 Å². The summed E-state index contributed by atoms with van der Waals surface area (Å²) in [5.41, 5.74) is 0.582. The summed E-state index contributed by atoms with van der Waals surface area (Å²) in [5.74, 6) is 0. The largest absolute Gasteiger partial charge is 0.370 e. The number of sulfone groups is 1. The van der Waals surface area contributed by atoms with Gasteiger partial charge in [0.15, 0.2) is 9.84 Å². The molecule has 0 aliphatic carbocycles. The number of hydrogen-bond acceptors (Lipinski definition) is 4. The molecule has 0 saturated carbocycles. The fourth-order valence-corrected chi connectivity index (χ4v) is 4.24. The molecule has 1 saturated heterocycles. The molecule has 0 aromatic carbocycles. The molecule has 0 aromatic rings. The molecule has 1 spiro atoms. The molecule has 3 rings (SSSR count). The van der Waals surface area contributed by atoms with Crippen molar-refractivity contribution in [2.45, 2.75) is 24.9 Å². The van der Waals surface area contributed by atoms with E-state index in [2.05, 4.69) is 5.32 Å². The first kappa shape index (κ1) is 10.5. The van der Waals surface area contributed by atoms with Crippen LogP contribution in [0.5, 0.6) is 0 Å². The lowest BCUT2D eigenvalue weighted by Gasteiger charge is -2.41. The summed E-state index contributed by atoms with van der Waals surface area (Å²) in [4.78, 5) is 0.598. The van der Waals surface area contributed by atoms with Gasteiger partial charge in [0.25, 0.3) is 0 Å². The third-order valence-electron chi connectivity index (χ3n) is 3.67. The molecular formula is C11H15NO3S. The number of fused-ring (bicyclic) bond motifs is 1. The maximum absolute atomic E-state index is 11.8. The number of nitrogens with one attached hydrogen (secondary N) is 1. The zero-order valence-electron chi connectivity index (χ0n) is 9.03. The van der Waals surface area contributed by atoms with Crippen molar-refractivity contribution in [2.24, 2.45) is 0 Å². The van der Waals surface area contributed by atoms with Crippen molar-refractivity contribution in [3.05, 3.63) is 22.0 Å². The molecule has 4 nitrogen and oxygen atoms in total. The lowest BCUT2D eigenvalue weighted by atomic mass is 9.82. The van der Waals surface area contributed by atoms with Gasteiger partial charge in [-0.25, -0.2) is 8.42 Å². The lowest BCUT2D eigenvalue weighted by molar-refractivity contribution is -0.0418. The van der Waals surface area contributed by atoms with Crippen molar-refractivity contribution in [1.82, 2.24) is 5.32 Å². The second kappa shape index (κ2) is 3.42. The average molecular weight is 241 g/mol. The van der Waals surface area contributed by atoms with Crippen LogP contribution in [0.3, 0.4) is 0 Å². The lowest BCUT2D eigenvalue weighted by Crippen LogP contribution is -2.47. The maximum atomic E-state index is 11.8. The van der Waals surface area contributed by atoms with Crippen molar-refractivity contribution in [3.63, 3.8) is 0 Å². The van der Waals surface area contributed by atoms with Gasteiger partial charge >= 0.3 is 0 Å². The highest BCUT2D eigenvalue weighted by atomic mass is 32.2. The summed E-state index contributed by atoms with van der Waals surface area (Å²) in [6.45, 7) is 2.31. The van der Waals surface area contributed by atoms with Gasteiger partial charge in [0.1, 0.15) is 0 Å². The van der Waals surface area contributed by atoms with Crippen molar-refractivity contribution in [3.8, 4) is 0 Å². The number of rotatable bonds is 0. The van der Waals surface area contributed by atoms with Crippen LogP contribution in [0.2, 0.25) is 0 Å². The minimum absolute atomic E-state index is 0.334. The summed E-state index contributed by atoms with van der Waals surface area (Å²) in [6.07, 6.45) is 4.01. The van der Waals surface area contributed by atoms with E-state index in [9.17, 15) is 8.42 Å². The second-order valence-corrected chi connectivity index (χ2v) is 6.38. The molecule has 1 N–H and O–H groups in total. The summed E-state index contributed by atoms with van der Waals surface area (Å²) in [6, 6.07) is 0. The van der Waals surface area contributed by atoms with E-state index in [1.165, 1.54) is 5.41 Å². The van der Waals surface area contributed by atoms with Crippen LogP contribution in [-0.4, -0.2) is 33.7 Å². The monoisotopic (exact) mass is 241 g/mol. The number of piperidine rings is 1. The second-order valence-electron chi connectivity index (χ2n) is 4.53. The molecule has 0 bridgehead atoms. The van der Waals surface area contributed by atoms with Crippen molar-refractivity contribution < 1.29 is 13.2 Å². The Kier molecular flexibility index (Phi) is 2.24. The molecule has 3 aliphatic heterocycles. The van der Waals surface area contributed by atoms with Crippen molar-refractivity contribution in [1.29, 1.82) is 0 Å². The fourth-order valence-electron chi connectivity index (χ4n) is 2.83. The van der Waals surface area contributed by atoms with E-state index in [1.807, 2.05) is 0 Å². The highest BCUT2D eigenvalue weighted by Gasteiger charge is 2.44. The summed E-state index contributed by atoms with van der Waals surface area (Å²) < 4.78 is 29.5. The molecule has 3 aliphatic rings. The third-order valence-corrected chi connectivity index (χ3v) is 5.27. The van der Waals surface area contributed by atoms with Crippen LogP contribution >= 0.6 is 0 Å². The van der Waals surface area contributed by atoms with Gasteiger partial charge in [-0.1, -0.05) is 0 Å². The first-order valence-corrected chi connectivity index (χ1v) is 7.20. The molecule has 0 aromatic heterocycles. The maximum Gasteiger partial charge on any atom is 0.196 e. The predicted molar refractivity (Wildman–Crippen MR) is 60.5 cm³/mol. The molecule has 0 unspecified atom stereocenters. The molecule has 88 valence electrons. The van der Waals surface area contributed by atoms with E-state index >= 15 is 0 Å². The summed E-state index contributed by atoms with van der Waals surface area (Å²) in [5, 5.41) is 4.61. The minimum Gasteiger partial charge on any atom is -0.370 e. The number of ether oxygens (including phenoxy) is 1. The SMILES string of the molecule is O=S1(=O)C=CC2=C1CCOC21CCNCC1. The van der Waals surface area contributed by atoms with Crippen LogP contribution in [0.15, 0.2) is 22.0 Å². The Morgan fingerprint density at radius 1 is 1.31 bits per heavy atom. The van der Waals surface area contributed by atoms with Crippen LogP contribution in [0, 0.1) is 0 Å². The van der Waals surface area contributed by atoms with Gasteiger partial charge in [-0.15, -0.1) is 0 Å². The van der Waals surface area contributed by atoms with Gasteiger partial charge in [0.2, 0.25) is 0 Å². The van der Waals surface area contributed by atoms with Gasteiger partial charge < -0.3 is 10.1 Å². The van der Waals surface area contributed by atoms with Gasteiger partial charge in [-0.05, 0) is 37.6 Å². The van der Waals surface area contributed by atoms with Crippen LogP contribution in [0.1, 0.15) is 19.3 Å². The fraction of sp³-hybridized carbons (Fsp3) is 0.636. The molecule has 3 heterocycles. The summed E-state index contributed by atoms with van der Waals surface area (Å²) in [7, 11) is -3.12. The number of hydrogen-bond donors (Lipinski definition) is 1.